The van der Waals surface area contributed by atoms with Crippen LogP contribution >= 0.6 is 0 Å². The fraction of sp³-hybridized carbons (Fsp3) is 0.667. The highest BCUT2D eigenvalue weighted by atomic mass is 16.5. The van der Waals surface area contributed by atoms with Gasteiger partial charge in [-0.3, -0.25) is 4.79 Å². The fourth-order valence-electron chi connectivity index (χ4n) is 0.532. The SMILES string of the molecule is O=C1CN(O)[B]CN1. The predicted octanol–water partition coefficient (Wildman–Crippen LogP) is -1.62. The number of hydrogen-bond acceptors (Lipinski definition) is 3. The Labute approximate surface area is 47.7 Å². The van der Waals surface area contributed by atoms with E-state index in [0.717, 1.165) is 4.97 Å². The molecule has 0 spiro atoms. The minimum Gasteiger partial charge on any atom is -0.361 e. The molecule has 2 N–H and O–H groups in total. The van der Waals surface area contributed by atoms with Crippen molar-refractivity contribution in [3.63, 3.8) is 0 Å². The molecule has 43 valence electrons. The standard InChI is InChI=1S/C3H6BN2O2/c7-3-1-6(8)4-2-5-3/h8H,1-2H2,(H,5,7). The number of hydrogen-bond donors (Lipinski definition) is 2. The molecule has 5 heteroatoms. The van der Waals surface area contributed by atoms with Gasteiger partial charge in [-0.25, -0.2) is 4.97 Å². The van der Waals surface area contributed by atoms with Crippen molar-refractivity contribution in [2.24, 2.45) is 0 Å². The van der Waals surface area contributed by atoms with Crippen LogP contribution in [0.4, 0.5) is 0 Å². The van der Waals surface area contributed by atoms with E-state index in [4.69, 9.17) is 5.21 Å². The predicted molar refractivity (Wildman–Crippen MR) is 27.3 cm³/mol. The van der Waals surface area contributed by atoms with E-state index in [-0.39, 0.29) is 12.5 Å². The molecule has 1 amide bonds. The second-order valence-electron chi connectivity index (χ2n) is 1.58. The van der Waals surface area contributed by atoms with Crippen LogP contribution in [-0.4, -0.2) is 36.5 Å². The number of carbonyl (C=O) groups excluding carboxylic acids is 1. The molecule has 1 heterocycles. The number of rotatable bonds is 0. The summed E-state index contributed by atoms with van der Waals surface area (Å²) in [5, 5.41) is 11.1. The topological polar surface area (TPSA) is 52.6 Å². The summed E-state index contributed by atoms with van der Waals surface area (Å²) in [5.41, 5.74) is 0. The maximum atomic E-state index is 10.3. The molecule has 0 aromatic carbocycles. The minimum absolute atomic E-state index is 0.0556. The first-order chi connectivity index (χ1) is 3.79. The maximum Gasteiger partial charge on any atom is 0.268 e. The van der Waals surface area contributed by atoms with Crippen LogP contribution in [0.5, 0.6) is 0 Å². The van der Waals surface area contributed by atoms with Gasteiger partial charge < -0.3 is 10.5 Å². The number of amides is 1. The average molecular weight is 113 g/mol. The molecule has 0 aromatic heterocycles. The summed E-state index contributed by atoms with van der Waals surface area (Å²) in [4.78, 5) is 11.2. The monoisotopic (exact) mass is 113 g/mol. The highest BCUT2D eigenvalue weighted by molar-refractivity contribution is 6.33. The Bertz CT molecular complexity index is 107. The Morgan fingerprint density at radius 2 is 2.62 bits per heavy atom. The Kier molecular flexibility index (Phi) is 1.50. The molecule has 4 nitrogen and oxygen atoms in total. The van der Waals surface area contributed by atoms with Crippen LogP contribution in [0.1, 0.15) is 0 Å². The van der Waals surface area contributed by atoms with E-state index in [0.29, 0.717) is 6.44 Å². The number of nitrogens with one attached hydrogen (secondary N) is 1. The van der Waals surface area contributed by atoms with Gasteiger partial charge in [0.25, 0.3) is 7.41 Å². The van der Waals surface area contributed by atoms with E-state index < -0.39 is 0 Å². The van der Waals surface area contributed by atoms with Crippen molar-refractivity contribution in [1.29, 1.82) is 0 Å². The lowest BCUT2D eigenvalue weighted by Crippen LogP contribution is -2.48. The molecule has 1 rings (SSSR count). The van der Waals surface area contributed by atoms with Gasteiger partial charge in [-0.05, 0) is 0 Å². The molecule has 1 radical (unpaired) electrons. The second kappa shape index (κ2) is 2.15. The molecule has 0 atom stereocenters. The largest absolute Gasteiger partial charge is 0.361 e. The van der Waals surface area contributed by atoms with Crippen LogP contribution < -0.4 is 5.32 Å². The van der Waals surface area contributed by atoms with Crippen molar-refractivity contribution < 1.29 is 10.0 Å². The van der Waals surface area contributed by atoms with E-state index in [1.807, 2.05) is 0 Å². The zero-order chi connectivity index (χ0) is 5.98. The molecule has 0 bridgehead atoms. The van der Waals surface area contributed by atoms with Crippen LogP contribution in [0.2, 0.25) is 0 Å². The Morgan fingerprint density at radius 3 is 3.00 bits per heavy atom. The summed E-state index contributed by atoms with van der Waals surface area (Å²) >= 11 is 0. The fourth-order valence-corrected chi connectivity index (χ4v) is 0.532. The summed E-state index contributed by atoms with van der Waals surface area (Å²) in [7, 11) is 1.50. The molecule has 1 saturated heterocycles. The van der Waals surface area contributed by atoms with Gasteiger partial charge in [0.1, 0.15) is 0 Å². The zero-order valence-electron chi connectivity index (χ0n) is 4.29. The first kappa shape index (κ1) is 5.59. The third-order valence-corrected chi connectivity index (χ3v) is 0.907. The van der Waals surface area contributed by atoms with Gasteiger partial charge in [0.2, 0.25) is 5.91 Å². The Hall–Kier alpha value is -0.545. The molecule has 0 aliphatic carbocycles. The lowest BCUT2D eigenvalue weighted by Gasteiger charge is -2.18. The van der Waals surface area contributed by atoms with Crippen molar-refractivity contribution in [3.8, 4) is 0 Å². The molecule has 0 saturated carbocycles. The summed E-state index contributed by atoms with van der Waals surface area (Å²) in [5.74, 6) is -0.144. The molecule has 1 aliphatic heterocycles. The Morgan fingerprint density at radius 1 is 1.88 bits per heavy atom. The van der Waals surface area contributed by atoms with Crippen molar-refractivity contribution in [3.05, 3.63) is 0 Å². The lowest BCUT2D eigenvalue weighted by atomic mass is 9.92. The van der Waals surface area contributed by atoms with Gasteiger partial charge >= 0.3 is 0 Å². The van der Waals surface area contributed by atoms with Crippen LogP contribution in [0, 0.1) is 0 Å². The normalized spacial score (nSPS) is 21.9. The van der Waals surface area contributed by atoms with Crippen LogP contribution in [0.3, 0.4) is 0 Å². The average Bonchev–Trinajstić information content (AvgIpc) is 1.64. The minimum atomic E-state index is -0.144. The molecule has 8 heavy (non-hydrogen) atoms. The third-order valence-electron chi connectivity index (χ3n) is 0.907. The van der Waals surface area contributed by atoms with E-state index in [9.17, 15) is 4.79 Å². The van der Waals surface area contributed by atoms with Crippen LogP contribution in [-0.2, 0) is 4.79 Å². The van der Waals surface area contributed by atoms with Crippen molar-refractivity contribution in [2.45, 2.75) is 0 Å². The van der Waals surface area contributed by atoms with Crippen molar-refractivity contribution in [1.82, 2.24) is 10.3 Å². The van der Waals surface area contributed by atoms with Gasteiger partial charge in [-0.15, -0.1) is 0 Å². The molecule has 1 fully saturated rings. The molecule has 0 unspecified atom stereocenters. The number of nitrogens with zero attached hydrogens (tertiary/aromatic N) is 1. The second-order valence-corrected chi connectivity index (χ2v) is 1.58. The molecule has 1 aliphatic rings. The van der Waals surface area contributed by atoms with Gasteiger partial charge in [0.15, 0.2) is 0 Å². The summed E-state index contributed by atoms with van der Waals surface area (Å²) in [6.45, 7) is 0.0556. The maximum absolute atomic E-state index is 10.3. The van der Waals surface area contributed by atoms with Gasteiger partial charge in [0, 0.05) is 6.44 Å². The van der Waals surface area contributed by atoms with Crippen LogP contribution in [0.15, 0.2) is 0 Å². The van der Waals surface area contributed by atoms with E-state index in [1.54, 1.807) is 0 Å². The first-order valence-corrected chi connectivity index (χ1v) is 2.34. The zero-order valence-corrected chi connectivity index (χ0v) is 4.29. The highest BCUT2D eigenvalue weighted by Crippen LogP contribution is 1.82. The molecular formula is C3H6BN2O2. The van der Waals surface area contributed by atoms with Gasteiger partial charge in [-0.2, -0.15) is 0 Å². The quantitative estimate of drug-likeness (QED) is 0.371. The smallest absolute Gasteiger partial charge is 0.268 e. The van der Waals surface area contributed by atoms with Crippen molar-refractivity contribution in [2.75, 3.05) is 13.0 Å². The van der Waals surface area contributed by atoms with Gasteiger partial charge in [0.05, 0.1) is 6.54 Å². The Balaban J connectivity index is 2.34. The molecule has 0 aromatic rings. The van der Waals surface area contributed by atoms with Crippen molar-refractivity contribution >= 4 is 13.3 Å². The summed E-state index contributed by atoms with van der Waals surface area (Å²) in [6.07, 6.45) is 0.426. The number of hydroxylamine groups is 1. The van der Waals surface area contributed by atoms with Crippen LogP contribution in [0.25, 0.3) is 0 Å². The van der Waals surface area contributed by atoms with E-state index >= 15 is 0 Å². The lowest BCUT2D eigenvalue weighted by molar-refractivity contribution is -0.128. The van der Waals surface area contributed by atoms with E-state index in [1.165, 1.54) is 7.41 Å². The third kappa shape index (κ3) is 1.21. The molecular weight excluding hydrogens is 107 g/mol. The van der Waals surface area contributed by atoms with E-state index in [2.05, 4.69) is 5.32 Å². The van der Waals surface area contributed by atoms with Gasteiger partial charge in [-0.1, -0.05) is 0 Å². The number of carbonyl (C=O) groups is 1. The highest BCUT2D eigenvalue weighted by Gasteiger charge is 2.13. The summed E-state index contributed by atoms with van der Waals surface area (Å²) in [6, 6.07) is 0. The summed E-state index contributed by atoms with van der Waals surface area (Å²) < 4.78 is 0. The first-order valence-electron chi connectivity index (χ1n) is 2.34.